The van der Waals surface area contributed by atoms with Crippen molar-refractivity contribution < 1.29 is 46.1 Å². The standard InChI is InChI=1S/2C7H8O3S.C6H14N2O2/c2*1-6-2-4-7(5-3-6)11(8,9)10;1-7-4-5(8-2)6(9)10-3/h2*2-5H,1H3,(H,8,9,10);5,7-8H,4H2,1-3H3. The van der Waals surface area contributed by atoms with Crippen molar-refractivity contribution >= 4 is 26.2 Å². The lowest BCUT2D eigenvalue weighted by atomic mass is 10.2. The Bertz CT molecular complexity index is 963. The number of carbonyl (C=O) groups excluding carboxylic acids is 1. The van der Waals surface area contributed by atoms with Crippen LogP contribution in [0, 0.1) is 13.8 Å². The van der Waals surface area contributed by atoms with Crippen LogP contribution in [0.25, 0.3) is 0 Å². The molecule has 0 aliphatic heterocycles. The molecule has 12 heteroatoms. The van der Waals surface area contributed by atoms with E-state index < -0.39 is 20.2 Å². The predicted octanol–water partition coefficient (Wildman–Crippen LogP) is -1.29. The minimum atomic E-state index is -4.27. The zero-order valence-electron chi connectivity index (χ0n) is 18.6. The van der Waals surface area contributed by atoms with Gasteiger partial charge in [-0.3, -0.25) is 0 Å². The fourth-order valence-corrected chi connectivity index (χ4v) is 3.12. The molecule has 2 rings (SSSR count). The molecule has 0 saturated carbocycles. The molecule has 0 aliphatic carbocycles. The fourth-order valence-electron chi connectivity index (χ4n) is 2.18. The van der Waals surface area contributed by atoms with Crippen molar-refractivity contribution in [2.45, 2.75) is 29.7 Å². The van der Waals surface area contributed by atoms with Gasteiger partial charge in [-0.15, -0.1) is 0 Å². The van der Waals surface area contributed by atoms with Gasteiger partial charge >= 0.3 is 5.97 Å². The molecular formula is C20H30N2O8S2. The molecule has 0 fully saturated rings. The molecule has 0 heterocycles. The number of aryl methyl sites for hydroxylation is 2. The zero-order chi connectivity index (χ0) is 24.9. The second kappa shape index (κ2) is 13.9. The molecular weight excluding hydrogens is 460 g/mol. The van der Waals surface area contributed by atoms with E-state index in [9.17, 15) is 30.7 Å². The Morgan fingerprint density at radius 2 is 1.19 bits per heavy atom. The van der Waals surface area contributed by atoms with E-state index >= 15 is 0 Å². The number of quaternary nitrogens is 2. The Hall–Kier alpha value is -2.35. The van der Waals surface area contributed by atoms with E-state index in [1.165, 1.54) is 31.4 Å². The summed E-state index contributed by atoms with van der Waals surface area (Å²) in [6.45, 7) is 4.41. The smallest absolute Gasteiger partial charge is 0.370 e. The Morgan fingerprint density at radius 1 is 0.844 bits per heavy atom. The minimum Gasteiger partial charge on any atom is -0.744 e. The highest BCUT2D eigenvalue weighted by molar-refractivity contribution is 7.86. The normalized spacial score (nSPS) is 11.8. The first-order chi connectivity index (χ1) is 14.8. The predicted molar refractivity (Wildman–Crippen MR) is 115 cm³/mol. The van der Waals surface area contributed by atoms with E-state index in [2.05, 4.69) is 4.74 Å². The molecule has 1 unspecified atom stereocenters. The van der Waals surface area contributed by atoms with Crippen molar-refractivity contribution in [1.29, 1.82) is 0 Å². The second-order valence-corrected chi connectivity index (χ2v) is 9.40. The summed E-state index contributed by atoms with van der Waals surface area (Å²) in [4.78, 5) is 10.5. The van der Waals surface area contributed by atoms with Gasteiger partial charge < -0.3 is 24.5 Å². The lowest BCUT2D eigenvalue weighted by Crippen LogP contribution is -2.97. The summed E-state index contributed by atoms with van der Waals surface area (Å²) in [5.41, 5.74) is 1.86. The molecule has 0 amide bonds. The molecule has 0 bridgehead atoms. The largest absolute Gasteiger partial charge is 0.744 e. The summed E-state index contributed by atoms with van der Waals surface area (Å²) in [7, 11) is -3.33. The van der Waals surface area contributed by atoms with E-state index in [0.29, 0.717) is 0 Å². The lowest BCUT2D eigenvalue weighted by molar-refractivity contribution is -0.716. The van der Waals surface area contributed by atoms with Crippen molar-refractivity contribution in [1.82, 2.24) is 0 Å². The Labute approximate surface area is 189 Å². The van der Waals surface area contributed by atoms with E-state index in [4.69, 9.17) is 0 Å². The number of hydrogen-bond acceptors (Lipinski definition) is 8. The molecule has 32 heavy (non-hydrogen) atoms. The van der Waals surface area contributed by atoms with Crippen LogP contribution in [0.4, 0.5) is 0 Å². The van der Waals surface area contributed by atoms with Crippen molar-refractivity contribution in [3.8, 4) is 0 Å². The number of methoxy groups -OCH3 is 1. The number of benzene rings is 2. The third-order valence-corrected chi connectivity index (χ3v) is 5.71. The highest BCUT2D eigenvalue weighted by Gasteiger charge is 2.21. The van der Waals surface area contributed by atoms with E-state index in [1.807, 2.05) is 38.6 Å². The van der Waals surface area contributed by atoms with Gasteiger partial charge in [-0.05, 0) is 38.1 Å². The van der Waals surface area contributed by atoms with Crippen LogP contribution in [-0.4, -0.2) is 65.7 Å². The van der Waals surface area contributed by atoms with Gasteiger partial charge in [0.2, 0.25) is 6.04 Å². The number of rotatable bonds is 6. The molecule has 0 aromatic heterocycles. The highest BCUT2D eigenvalue weighted by atomic mass is 32.2. The number of nitrogens with two attached hydrogens (primary N) is 2. The SMILES string of the molecule is C[NH2+]CC([NH2+]C)C(=O)OC.Cc1ccc(S(=O)(=O)[O-])cc1.Cc1ccc(S(=O)(=O)[O-])cc1. The third-order valence-electron chi connectivity index (χ3n) is 4.02. The van der Waals surface area contributed by atoms with Crippen LogP contribution < -0.4 is 10.6 Å². The third kappa shape index (κ3) is 11.9. The molecule has 0 spiro atoms. The maximum absolute atomic E-state index is 10.9. The van der Waals surface area contributed by atoms with Gasteiger partial charge in [0, 0.05) is 0 Å². The van der Waals surface area contributed by atoms with E-state index in [1.54, 1.807) is 24.3 Å². The van der Waals surface area contributed by atoms with Gasteiger partial charge in [-0.2, -0.15) is 0 Å². The van der Waals surface area contributed by atoms with Crippen LogP contribution in [0.15, 0.2) is 58.3 Å². The Morgan fingerprint density at radius 3 is 1.41 bits per heavy atom. The first-order valence-electron chi connectivity index (χ1n) is 9.46. The quantitative estimate of drug-likeness (QED) is 0.371. The average molecular weight is 491 g/mol. The van der Waals surface area contributed by atoms with Crippen molar-refractivity contribution in [2.24, 2.45) is 0 Å². The fraction of sp³-hybridized carbons (Fsp3) is 0.350. The first kappa shape index (κ1) is 29.7. The number of hydrogen-bond donors (Lipinski definition) is 2. The molecule has 2 aromatic carbocycles. The molecule has 4 N–H and O–H groups in total. The van der Waals surface area contributed by atoms with Gasteiger partial charge in [0.25, 0.3) is 0 Å². The van der Waals surface area contributed by atoms with Gasteiger partial charge in [-0.25, -0.2) is 21.6 Å². The van der Waals surface area contributed by atoms with Gasteiger partial charge in [0.1, 0.15) is 26.8 Å². The summed E-state index contributed by atoms with van der Waals surface area (Å²) in [6.07, 6.45) is 0. The molecule has 0 saturated heterocycles. The Balaban J connectivity index is 0.000000452. The van der Waals surface area contributed by atoms with Crippen molar-refractivity contribution in [3.05, 3.63) is 59.7 Å². The van der Waals surface area contributed by atoms with Gasteiger partial charge in [0.15, 0.2) is 0 Å². The molecule has 1 atom stereocenters. The summed E-state index contributed by atoms with van der Waals surface area (Å²) < 4.78 is 66.9. The van der Waals surface area contributed by atoms with Crippen LogP contribution in [-0.2, 0) is 29.8 Å². The maximum Gasteiger partial charge on any atom is 0.370 e. The topological polar surface area (TPSA) is 174 Å². The monoisotopic (exact) mass is 490 g/mol. The zero-order valence-corrected chi connectivity index (χ0v) is 20.3. The van der Waals surface area contributed by atoms with Crippen LogP contribution in [0.2, 0.25) is 0 Å². The molecule has 10 nitrogen and oxygen atoms in total. The average Bonchev–Trinajstić information content (AvgIpc) is 2.71. The summed E-state index contributed by atoms with van der Waals surface area (Å²) in [5.74, 6) is -0.152. The van der Waals surface area contributed by atoms with Gasteiger partial charge in [0.05, 0.1) is 31.0 Å². The first-order valence-corrected chi connectivity index (χ1v) is 12.3. The minimum absolute atomic E-state index is 0.0602. The van der Waals surface area contributed by atoms with Crippen LogP contribution in [0.5, 0.6) is 0 Å². The molecule has 180 valence electrons. The maximum atomic E-state index is 10.9. The summed E-state index contributed by atoms with van der Waals surface area (Å²) >= 11 is 0. The number of esters is 1. The van der Waals surface area contributed by atoms with Crippen molar-refractivity contribution in [2.75, 3.05) is 27.7 Å². The summed E-state index contributed by atoms with van der Waals surface area (Å²) in [6, 6.07) is 11.5. The van der Waals surface area contributed by atoms with Crippen LogP contribution >= 0.6 is 0 Å². The molecule has 0 aliphatic rings. The van der Waals surface area contributed by atoms with Crippen molar-refractivity contribution in [3.63, 3.8) is 0 Å². The van der Waals surface area contributed by atoms with E-state index in [0.717, 1.165) is 17.7 Å². The van der Waals surface area contributed by atoms with Gasteiger partial charge in [-0.1, -0.05) is 35.4 Å². The number of likely N-dealkylation sites (N-methyl/N-ethyl adjacent to an activating group) is 2. The lowest BCUT2D eigenvalue weighted by Gasteiger charge is -2.06. The van der Waals surface area contributed by atoms with E-state index in [-0.39, 0.29) is 21.8 Å². The summed E-state index contributed by atoms with van der Waals surface area (Å²) in [5, 5.41) is 3.81. The second-order valence-electron chi connectivity index (χ2n) is 6.64. The number of ether oxygens (including phenoxy) is 1. The van der Waals surface area contributed by atoms with Crippen LogP contribution in [0.3, 0.4) is 0 Å². The molecule has 0 radical (unpaired) electrons. The number of carbonyl (C=O) groups is 1. The Kier molecular flexibility index (Phi) is 12.9. The highest BCUT2D eigenvalue weighted by Crippen LogP contribution is 2.09. The molecule has 2 aromatic rings. The van der Waals surface area contributed by atoms with Crippen LogP contribution in [0.1, 0.15) is 11.1 Å².